The summed E-state index contributed by atoms with van der Waals surface area (Å²) in [6.07, 6.45) is 2.59. The molecule has 2 N–H and O–H groups in total. The average Bonchev–Trinajstić information content (AvgIpc) is 2.89. The highest BCUT2D eigenvalue weighted by molar-refractivity contribution is 5.85. The van der Waals surface area contributed by atoms with Gasteiger partial charge in [0.2, 0.25) is 0 Å². The molecule has 1 atom stereocenters. The standard InChI is InChI=1S/C17H20FN3O.ClH/c18-15-3-1-11-2-4-16(22)21-13(9-14(15)17(11)21)10-20-7-5-12(19)6-8-20;/h1-4,12-13H,5-10,19H2;1H/t13-;/m1./s1. The van der Waals surface area contributed by atoms with Gasteiger partial charge in [-0.2, -0.15) is 0 Å². The largest absolute Gasteiger partial charge is 0.328 e. The summed E-state index contributed by atoms with van der Waals surface area (Å²) < 4.78 is 15.9. The molecule has 0 spiro atoms. The number of hydrogen-bond donors (Lipinski definition) is 1. The molecule has 1 aromatic carbocycles. The molecule has 0 radical (unpaired) electrons. The van der Waals surface area contributed by atoms with Gasteiger partial charge in [0.25, 0.3) is 5.56 Å². The summed E-state index contributed by atoms with van der Waals surface area (Å²) >= 11 is 0. The second-order valence-electron chi connectivity index (χ2n) is 6.50. The van der Waals surface area contributed by atoms with Crippen molar-refractivity contribution < 1.29 is 4.39 Å². The minimum absolute atomic E-state index is 0. The molecule has 0 saturated carbocycles. The lowest BCUT2D eigenvalue weighted by molar-refractivity contribution is 0.186. The van der Waals surface area contributed by atoms with Crippen LogP contribution in [-0.4, -0.2) is 35.1 Å². The van der Waals surface area contributed by atoms with E-state index in [2.05, 4.69) is 4.90 Å². The van der Waals surface area contributed by atoms with E-state index in [9.17, 15) is 9.18 Å². The molecule has 23 heavy (non-hydrogen) atoms. The molecular weight excluding hydrogens is 317 g/mol. The van der Waals surface area contributed by atoms with E-state index in [0.717, 1.165) is 43.4 Å². The van der Waals surface area contributed by atoms with Crippen molar-refractivity contribution in [2.24, 2.45) is 5.73 Å². The van der Waals surface area contributed by atoms with Crippen LogP contribution in [-0.2, 0) is 6.42 Å². The van der Waals surface area contributed by atoms with Crippen LogP contribution in [0.25, 0.3) is 10.9 Å². The number of nitrogens with two attached hydrogens (primary N) is 1. The number of hydrogen-bond acceptors (Lipinski definition) is 3. The maximum absolute atomic E-state index is 14.1. The third-order valence-electron chi connectivity index (χ3n) is 5.05. The van der Waals surface area contributed by atoms with Crippen LogP contribution in [0.3, 0.4) is 0 Å². The van der Waals surface area contributed by atoms with Gasteiger partial charge >= 0.3 is 0 Å². The Hall–Kier alpha value is -1.43. The van der Waals surface area contributed by atoms with Gasteiger partial charge in [-0.1, -0.05) is 0 Å². The first-order valence-electron chi connectivity index (χ1n) is 7.94. The Labute approximate surface area is 140 Å². The van der Waals surface area contributed by atoms with Gasteiger partial charge < -0.3 is 15.2 Å². The van der Waals surface area contributed by atoms with Crippen molar-refractivity contribution in [3.8, 4) is 0 Å². The molecule has 124 valence electrons. The van der Waals surface area contributed by atoms with Gasteiger partial charge in [-0.15, -0.1) is 12.4 Å². The normalized spacial score (nSPS) is 21.6. The lowest BCUT2D eigenvalue weighted by Crippen LogP contribution is -2.42. The van der Waals surface area contributed by atoms with Crippen LogP contribution in [0.5, 0.6) is 0 Å². The van der Waals surface area contributed by atoms with Gasteiger partial charge in [-0.3, -0.25) is 4.79 Å². The van der Waals surface area contributed by atoms with Gasteiger partial charge in [-0.05, 0) is 55.9 Å². The Morgan fingerprint density at radius 3 is 2.61 bits per heavy atom. The fourth-order valence-electron chi connectivity index (χ4n) is 3.86. The molecule has 0 bridgehead atoms. The van der Waals surface area contributed by atoms with E-state index in [4.69, 9.17) is 5.73 Å². The summed E-state index contributed by atoms with van der Waals surface area (Å²) in [6, 6.07) is 6.97. The monoisotopic (exact) mass is 337 g/mol. The number of nitrogens with zero attached hydrogens (tertiary/aromatic N) is 2. The minimum atomic E-state index is -0.199. The van der Waals surface area contributed by atoms with E-state index >= 15 is 0 Å². The quantitative estimate of drug-likeness (QED) is 0.913. The first-order valence-corrected chi connectivity index (χ1v) is 7.94. The molecule has 0 amide bonds. The van der Waals surface area contributed by atoms with Crippen LogP contribution < -0.4 is 11.3 Å². The molecule has 1 fully saturated rings. The zero-order chi connectivity index (χ0) is 15.3. The van der Waals surface area contributed by atoms with Gasteiger partial charge in [-0.25, -0.2) is 4.39 Å². The maximum atomic E-state index is 14.1. The van der Waals surface area contributed by atoms with Crippen LogP contribution in [0.4, 0.5) is 4.39 Å². The van der Waals surface area contributed by atoms with Gasteiger partial charge in [0.15, 0.2) is 0 Å². The fourth-order valence-corrected chi connectivity index (χ4v) is 3.86. The first kappa shape index (κ1) is 16.4. The molecule has 4 nitrogen and oxygen atoms in total. The van der Waals surface area contributed by atoms with E-state index in [-0.39, 0.29) is 29.8 Å². The van der Waals surface area contributed by atoms with E-state index in [1.54, 1.807) is 22.8 Å². The van der Waals surface area contributed by atoms with E-state index < -0.39 is 0 Å². The Balaban J connectivity index is 0.00000156. The van der Waals surface area contributed by atoms with E-state index in [1.165, 1.54) is 6.07 Å². The maximum Gasteiger partial charge on any atom is 0.251 e. The van der Waals surface area contributed by atoms with Crippen molar-refractivity contribution >= 4 is 23.3 Å². The summed E-state index contributed by atoms with van der Waals surface area (Å²) in [5.74, 6) is -0.199. The number of likely N-dealkylation sites (tertiary alicyclic amines) is 1. The SMILES string of the molecule is Cl.NC1CCN(C[C@H]2Cc3c(F)ccc4ccc(=O)n2c34)CC1. The first-order chi connectivity index (χ1) is 10.6. The third-order valence-corrected chi connectivity index (χ3v) is 5.05. The van der Waals surface area contributed by atoms with Crippen molar-refractivity contribution in [1.29, 1.82) is 0 Å². The Morgan fingerprint density at radius 2 is 1.87 bits per heavy atom. The van der Waals surface area contributed by atoms with Crippen molar-refractivity contribution in [1.82, 2.24) is 9.47 Å². The van der Waals surface area contributed by atoms with Crippen molar-refractivity contribution in [3.63, 3.8) is 0 Å². The number of pyridine rings is 1. The lowest BCUT2D eigenvalue weighted by Gasteiger charge is -2.32. The molecule has 2 aromatic rings. The van der Waals surface area contributed by atoms with Crippen molar-refractivity contribution in [3.05, 3.63) is 46.0 Å². The second kappa shape index (κ2) is 6.23. The smallest absolute Gasteiger partial charge is 0.251 e. The topological polar surface area (TPSA) is 51.3 Å². The highest BCUT2D eigenvalue weighted by Gasteiger charge is 2.29. The van der Waals surface area contributed by atoms with Crippen LogP contribution in [0.2, 0.25) is 0 Å². The highest BCUT2D eigenvalue weighted by Crippen LogP contribution is 2.33. The number of piperidine rings is 1. The van der Waals surface area contributed by atoms with E-state index in [0.29, 0.717) is 18.0 Å². The molecule has 1 saturated heterocycles. The number of aromatic nitrogens is 1. The zero-order valence-electron chi connectivity index (χ0n) is 12.9. The van der Waals surface area contributed by atoms with Crippen molar-refractivity contribution in [2.75, 3.05) is 19.6 Å². The zero-order valence-corrected chi connectivity index (χ0v) is 13.7. The predicted octanol–water partition coefficient (Wildman–Crippen LogP) is 2.08. The van der Waals surface area contributed by atoms with Gasteiger partial charge in [0.05, 0.1) is 11.6 Å². The molecule has 3 heterocycles. The molecule has 2 aliphatic heterocycles. The molecule has 4 rings (SSSR count). The lowest BCUT2D eigenvalue weighted by atomic mass is 10.0. The summed E-state index contributed by atoms with van der Waals surface area (Å²) in [7, 11) is 0. The minimum Gasteiger partial charge on any atom is -0.328 e. The Bertz CT molecular complexity index is 783. The number of rotatable bonds is 2. The predicted molar refractivity (Wildman–Crippen MR) is 91.8 cm³/mol. The van der Waals surface area contributed by atoms with Crippen LogP contribution in [0, 0.1) is 5.82 Å². The highest BCUT2D eigenvalue weighted by atomic mass is 35.5. The molecule has 2 aliphatic rings. The number of halogens is 2. The number of benzene rings is 1. The summed E-state index contributed by atoms with van der Waals surface area (Å²) in [5.41, 5.74) is 7.39. The van der Waals surface area contributed by atoms with Crippen LogP contribution in [0.1, 0.15) is 24.4 Å². The van der Waals surface area contributed by atoms with Crippen LogP contribution in [0.15, 0.2) is 29.1 Å². The summed E-state index contributed by atoms with van der Waals surface area (Å²) in [4.78, 5) is 14.7. The Kier molecular flexibility index (Phi) is 4.45. The molecule has 6 heteroatoms. The molecular formula is C17H21ClFN3O. The van der Waals surface area contributed by atoms with E-state index in [1.807, 2.05) is 0 Å². The molecule has 0 aliphatic carbocycles. The third kappa shape index (κ3) is 2.77. The summed E-state index contributed by atoms with van der Waals surface area (Å²) in [6.45, 7) is 2.71. The molecule has 0 unspecified atom stereocenters. The van der Waals surface area contributed by atoms with Crippen LogP contribution >= 0.6 is 12.4 Å². The average molecular weight is 338 g/mol. The van der Waals surface area contributed by atoms with Crippen molar-refractivity contribution in [2.45, 2.75) is 31.3 Å². The van der Waals surface area contributed by atoms with Gasteiger partial charge in [0.1, 0.15) is 5.82 Å². The second-order valence-corrected chi connectivity index (χ2v) is 6.50. The Morgan fingerprint density at radius 1 is 1.17 bits per heavy atom. The fraction of sp³-hybridized carbons (Fsp3) is 0.471. The van der Waals surface area contributed by atoms with Gasteiger partial charge in [0, 0.05) is 24.2 Å². The summed E-state index contributed by atoms with van der Waals surface area (Å²) in [5, 5.41) is 0.944. The molecule has 1 aromatic heterocycles.